The molecule has 1 atom stereocenters. The summed E-state index contributed by atoms with van der Waals surface area (Å²) in [5, 5.41) is 3.16. The summed E-state index contributed by atoms with van der Waals surface area (Å²) in [5.41, 5.74) is 8.70. The van der Waals surface area contributed by atoms with Gasteiger partial charge in [0.2, 0.25) is 5.91 Å². The maximum Gasteiger partial charge on any atom is 0.223 e. The van der Waals surface area contributed by atoms with Crippen LogP contribution in [0.15, 0.2) is 24.3 Å². The third kappa shape index (κ3) is 3.65. The van der Waals surface area contributed by atoms with Gasteiger partial charge in [-0.25, -0.2) is 0 Å². The highest BCUT2D eigenvalue weighted by molar-refractivity contribution is 5.79. The van der Waals surface area contributed by atoms with Crippen LogP contribution in [0.25, 0.3) is 0 Å². The molecule has 1 aromatic carbocycles. The Labute approximate surface area is 128 Å². The summed E-state index contributed by atoms with van der Waals surface area (Å²) in [6, 6.07) is 8.47. The molecule has 1 amide bonds. The largest absolute Gasteiger partial charge is 0.355 e. The number of rotatable bonds is 6. The van der Waals surface area contributed by atoms with Gasteiger partial charge in [0, 0.05) is 12.5 Å². The molecule has 0 fully saturated rings. The quantitative estimate of drug-likeness (QED) is 0.845. The van der Waals surface area contributed by atoms with E-state index in [1.54, 1.807) is 0 Å². The number of nitrogens with one attached hydrogen (secondary N) is 1. The summed E-state index contributed by atoms with van der Waals surface area (Å²) in [7, 11) is 0. The summed E-state index contributed by atoms with van der Waals surface area (Å²) in [4.78, 5) is 12.5. The lowest BCUT2D eigenvalue weighted by Crippen LogP contribution is -2.44. The van der Waals surface area contributed by atoms with E-state index in [0.29, 0.717) is 13.1 Å². The topological polar surface area (TPSA) is 55.1 Å². The molecule has 0 radical (unpaired) electrons. The molecule has 0 saturated heterocycles. The summed E-state index contributed by atoms with van der Waals surface area (Å²) >= 11 is 0. The van der Waals surface area contributed by atoms with Gasteiger partial charge in [-0.1, -0.05) is 38.1 Å². The molecular formula is C18H28N2O. The number of aryl methyl sites for hydroxylation is 1. The maximum atomic E-state index is 12.5. The van der Waals surface area contributed by atoms with Gasteiger partial charge in [0.15, 0.2) is 0 Å². The third-order valence-corrected chi connectivity index (χ3v) is 5.29. The zero-order valence-corrected chi connectivity index (χ0v) is 13.3. The lowest BCUT2D eigenvalue weighted by molar-refractivity contribution is -0.125. The molecular weight excluding hydrogens is 260 g/mol. The molecule has 2 rings (SSSR count). The van der Waals surface area contributed by atoms with E-state index < -0.39 is 0 Å². The van der Waals surface area contributed by atoms with Crippen LogP contribution in [0.1, 0.15) is 44.2 Å². The summed E-state index contributed by atoms with van der Waals surface area (Å²) in [6.45, 7) is 5.64. The standard InChI is InChI=1S/C18H28N2O/c1-3-18(4-2,12-19)13-20-17(21)16-10-9-14-7-5-6-8-15(14)11-16/h5-8,16H,3-4,9-13,19H2,1-2H3,(H,20,21). The number of amides is 1. The first-order valence-corrected chi connectivity index (χ1v) is 8.18. The molecule has 0 aliphatic heterocycles. The molecule has 3 N–H and O–H groups in total. The fraction of sp³-hybridized carbons (Fsp3) is 0.611. The molecule has 116 valence electrons. The van der Waals surface area contributed by atoms with Crippen molar-refractivity contribution in [1.82, 2.24) is 5.32 Å². The minimum atomic E-state index is 0.0578. The molecule has 3 heteroatoms. The van der Waals surface area contributed by atoms with Crippen molar-refractivity contribution in [2.45, 2.75) is 46.0 Å². The Bertz CT molecular complexity index is 472. The van der Waals surface area contributed by atoms with Crippen LogP contribution in [-0.4, -0.2) is 19.0 Å². The molecule has 1 aliphatic rings. The van der Waals surface area contributed by atoms with E-state index in [4.69, 9.17) is 5.73 Å². The second kappa shape index (κ2) is 7.08. The van der Waals surface area contributed by atoms with Gasteiger partial charge in [-0.2, -0.15) is 0 Å². The van der Waals surface area contributed by atoms with Crippen molar-refractivity contribution < 1.29 is 4.79 Å². The molecule has 21 heavy (non-hydrogen) atoms. The van der Waals surface area contributed by atoms with E-state index >= 15 is 0 Å². The highest BCUT2D eigenvalue weighted by Gasteiger charge is 2.28. The average molecular weight is 288 g/mol. The smallest absolute Gasteiger partial charge is 0.223 e. The second-order valence-corrected chi connectivity index (χ2v) is 6.34. The maximum absolute atomic E-state index is 12.5. The van der Waals surface area contributed by atoms with Gasteiger partial charge < -0.3 is 11.1 Å². The lowest BCUT2D eigenvalue weighted by Gasteiger charge is -2.31. The molecule has 0 aromatic heterocycles. The summed E-state index contributed by atoms with van der Waals surface area (Å²) in [6.07, 6.45) is 4.85. The van der Waals surface area contributed by atoms with Gasteiger partial charge >= 0.3 is 0 Å². The van der Waals surface area contributed by atoms with Gasteiger partial charge in [-0.05, 0) is 55.2 Å². The van der Waals surface area contributed by atoms with E-state index in [1.165, 1.54) is 11.1 Å². The molecule has 0 saturated carbocycles. The van der Waals surface area contributed by atoms with Crippen molar-refractivity contribution in [3.8, 4) is 0 Å². The highest BCUT2D eigenvalue weighted by Crippen LogP contribution is 2.27. The van der Waals surface area contributed by atoms with Crippen LogP contribution in [0.5, 0.6) is 0 Å². The first kappa shape index (κ1) is 16.0. The first-order valence-electron chi connectivity index (χ1n) is 8.18. The van der Waals surface area contributed by atoms with Gasteiger partial charge in [0.25, 0.3) is 0 Å². The first-order chi connectivity index (χ1) is 10.1. The van der Waals surface area contributed by atoms with Crippen LogP contribution in [0.4, 0.5) is 0 Å². The monoisotopic (exact) mass is 288 g/mol. The van der Waals surface area contributed by atoms with Crippen molar-refractivity contribution in [3.05, 3.63) is 35.4 Å². The van der Waals surface area contributed by atoms with Crippen LogP contribution in [0, 0.1) is 11.3 Å². The van der Waals surface area contributed by atoms with Crippen molar-refractivity contribution in [2.24, 2.45) is 17.1 Å². The third-order valence-electron chi connectivity index (χ3n) is 5.29. The number of hydrogen-bond donors (Lipinski definition) is 2. The zero-order valence-electron chi connectivity index (χ0n) is 13.3. The van der Waals surface area contributed by atoms with Crippen LogP contribution >= 0.6 is 0 Å². The van der Waals surface area contributed by atoms with Crippen molar-refractivity contribution >= 4 is 5.91 Å². The number of hydrogen-bond acceptors (Lipinski definition) is 2. The normalized spacial score (nSPS) is 18.1. The molecule has 0 bridgehead atoms. The Morgan fingerprint density at radius 2 is 1.95 bits per heavy atom. The van der Waals surface area contributed by atoms with Crippen LogP contribution < -0.4 is 11.1 Å². The number of nitrogens with two attached hydrogens (primary N) is 1. The number of fused-ring (bicyclic) bond motifs is 1. The number of benzene rings is 1. The van der Waals surface area contributed by atoms with E-state index in [2.05, 4.69) is 43.4 Å². The van der Waals surface area contributed by atoms with Gasteiger partial charge in [0.05, 0.1) is 0 Å². The Hall–Kier alpha value is -1.35. The minimum absolute atomic E-state index is 0.0578. The molecule has 0 spiro atoms. The molecule has 1 aliphatic carbocycles. The number of carbonyl (C=O) groups excluding carboxylic acids is 1. The SMILES string of the molecule is CCC(CC)(CN)CNC(=O)C1CCc2ccccc2C1. The molecule has 1 unspecified atom stereocenters. The van der Waals surface area contributed by atoms with Gasteiger partial charge in [-0.15, -0.1) is 0 Å². The summed E-state index contributed by atoms with van der Waals surface area (Å²) in [5.74, 6) is 0.313. The fourth-order valence-corrected chi connectivity index (χ4v) is 3.20. The minimum Gasteiger partial charge on any atom is -0.355 e. The van der Waals surface area contributed by atoms with Crippen molar-refractivity contribution in [3.63, 3.8) is 0 Å². The lowest BCUT2D eigenvalue weighted by atomic mass is 9.81. The Morgan fingerprint density at radius 1 is 1.29 bits per heavy atom. The average Bonchev–Trinajstić information content (AvgIpc) is 2.56. The van der Waals surface area contributed by atoms with E-state index in [-0.39, 0.29) is 17.2 Å². The van der Waals surface area contributed by atoms with E-state index in [0.717, 1.165) is 32.1 Å². The highest BCUT2D eigenvalue weighted by atomic mass is 16.1. The number of carbonyl (C=O) groups is 1. The van der Waals surface area contributed by atoms with Crippen molar-refractivity contribution in [1.29, 1.82) is 0 Å². The predicted octanol–water partition coefficient (Wildman–Crippen LogP) is 2.67. The Kier molecular flexibility index (Phi) is 5.40. The van der Waals surface area contributed by atoms with Crippen LogP contribution in [0.3, 0.4) is 0 Å². The molecule has 1 aromatic rings. The van der Waals surface area contributed by atoms with Gasteiger partial charge in [0.1, 0.15) is 0 Å². The van der Waals surface area contributed by atoms with Crippen LogP contribution in [0.2, 0.25) is 0 Å². The Morgan fingerprint density at radius 3 is 2.57 bits per heavy atom. The molecule has 0 heterocycles. The van der Waals surface area contributed by atoms with Crippen molar-refractivity contribution in [2.75, 3.05) is 13.1 Å². The zero-order chi connectivity index (χ0) is 15.3. The Balaban J connectivity index is 1.93. The predicted molar refractivity (Wildman–Crippen MR) is 87.0 cm³/mol. The van der Waals surface area contributed by atoms with Crippen LogP contribution in [-0.2, 0) is 17.6 Å². The fourth-order valence-electron chi connectivity index (χ4n) is 3.20. The second-order valence-electron chi connectivity index (χ2n) is 6.34. The van der Waals surface area contributed by atoms with Gasteiger partial charge in [-0.3, -0.25) is 4.79 Å². The van der Waals surface area contributed by atoms with E-state index in [9.17, 15) is 4.79 Å². The van der Waals surface area contributed by atoms with E-state index in [1.807, 2.05) is 0 Å². The summed E-state index contributed by atoms with van der Waals surface area (Å²) < 4.78 is 0. The molecule has 3 nitrogen and oxygen atoms in total.